The van der Waals surface area contributed by atoms with Gasteiger partial charge in [-0.2, -0.15) is 0 Å². The summed E-state index contributed by atoms with van der Waals surface area (Å²) in [7, 11) is 0. The normalized spacial score (nSPS) is 17.0. The van der Waals surface area contributed by atoms with Crippen LogP contribution < -0.4 is 11.1 Å². The molecule has 1 saturated heterocycles. The number of benzene rings is 1. The van der Waals surface area contributed by atoms with Crippen molar-refractivity contribution >= 4 is 39.9 Å². The fourth-order valence-corrected chi connectivity index (χ4v) is 3.53. The molecule has 120 valence electrons. The Morgan fingerprint density at radius 1 is 1.36 bits per heavy atom. The second-order valence-electron chi connectivity index (χ2n) is 5.35. The highest BCUT2D eigenvalue weighted by Gasteiger charge is 2.38. The number of rotatable bonds is 4. The summed E-state index contributed by atoms with van der Waals surface area (Å²) in [5, 5.41) is 3.91. The van der Waals surface area contributed by atoms with Crippen LogP contribution in [-0.4, -0.2) is 30.6 Å². The van der Waals surface area contributed by atoms with Gasteiger partial charge in [0.05, 0.1) is 22.2 Å². The molecular formula is C15H20ClN3O2S. The van der Waals surface area contributed by atoms with E-state index in [-0.39, 0.29) is 18.3 Å². The molecule has 7 heteroatoms. The first-order chi connectivity index (χ1) is 10.2. The molecule has 3 N–H and O–H groups in total. The summed E-state index contributed by atoms with van der Waals surface area (Å²) in [5.41, 5.74) is 6.34. The minimum Gasteiger partial charge on any atom is -0.381 e. The van der Waals surface area contributed by atoms with Gasteiger partial charge in [-0.15, -0.1) is 23.7 Å². The first kappa shape index (κ1) is 17.1. The van der Waals surface area contributed by atoms with Gasteiger partial charge in [0.2, 0.25) is 5.91 Å². The molecular weight excluding hydrogens is 322 g/mol. The minimum absolute atomic E-state index is 0. The van der Waals surface area contributed by atoms with Gasteiger partial charge in [0, 0.05) is 19.8 Å². The number of thiazole rings is 1. The lowest BCUT2D eigenvalue weighted by Gasteiger charge is -2.34. The number of halogens is 1. The van der Waals surface area contributed by atoms with Crippen molar-refractivity contribution < 1.29 is 9.53 Å². The van der Waals surface area contributed by atoms with Gasteiger partial charge in [-0.1, -0.05) is 12.1 Å². The van der Waals surface area contributed by atoms with E-state index in [9.17, 15) is 4.79 Å². The van der Waals surface area contributed by atoms with Crippen molar-refractivity contribution in [3.05, 3.63) is 29.3 Å². The number of amides is 1. The predicted molar refractivity (Wildman–Crippen MR) is 90.3 cm³/mol. The predicted octanol–water partition coefficient (Wildman–Crippen LogP) is 2.09. The van der Waals surface area contributed by atoms with Crippen LogP contribution in [0.3, 0.4) is 0 Å². The van der Waals surface area contributed by atoms with Crippen LogP contribution in [0.4, 0.5) is 0 Å². The maximum absolute atomic E-state index is 12.5. The molecule has 0 atom stereocenters. The zero-order chi connectivity index (χ0) is 14.7. The van der Waals surface area contributed by atoms with Crippen LogP contribution in [0.25, 0.3) is 10.2 Å². The summed E-state index contributed by atoms with van der Waals surface area (Å²) in [5.74, 6) is 0.0209. The smallest absolute Gasteiger partial charge is 0.228 e. The topological polar surface area (TPSA) is 77.2 Å². The summed E-state index contributed by atoms with van der Waals surface area (Å²) in [6, 6.07) is 7.99. The number of carbonyl (C=O) groups is 1. The third-order valence-electron chi connectivity index (χ3n) is 4.06. The first-order valence-electron chi connectivity index (χ1n) is 7.14. The van der Waals surface area contributed by atoms with E-state index >= 15 is 0 Å². The summed E-state index contributed by atoms with van der Waals surface area (Å²) in [6.45, 7) is 2.03. The van der Waals surface area contributed by atoms with Gasteiger partial charge in [0.15, 0.2) is 0 Å². The molecule has 2 heterocycles. The number of ether oxygens (including phenoxy) is 1. The van der Waals surface area contributed by atoms with Gasteiger partial charge in [-0.05, 0) is 25.0 Å². The fourth-order valence-electron chi connectivity index (χ4n) is 2.62. The number of fused-ring (bicyclic) bond motifs is 1. The minimum atomic E-state index is -0.477. The molecule has 22 heavy (non-hydrogen) atoms. The van der Waals surface area contributed by atoms with E-state index in [0.29, 0.717) is 39.1 Å². The zero-order valence-corrected chi connectivity index (χ0v) is 13.8. The largest absolute Gasteiger partial charge is 0.381 e. The van der Waals surface area contributed by atoms with Crippen LogP contribution in [0.5, 0.6) is 0 Å². The zero-order valence-electron chi connectivity index (χ0n) is 12.2. The van der Waals surface area contributed by atoms with Crippen LogP contribution in [0.2, 0.25) is 0 Å². The van der Waals surface area contributed by atoms with Gasteiger partial charge in [0.1, 0.15) is 5.01 Å². The summed E-state index contributed by atoms with van der Waals surface area (Å²) in [4.78, 5) is 17.0. The molecule has 0 radical (unpaired) electrons. The van der Waals surface area contributed by atoms with Crippen LogP contribution in [0.15, 0.2) is 24.3 Å². The van der Waals surface area contributed by atoms with Crippen LogP contribution in [0.1, 0.15) is 17.8 Å². The maximum atomic E-state index is 12.5. The molecule has 1 aromatic heterocycles. The van der Waals surface area contributed by atoms with E-state index in [1.54, 1.807) is 11.3 Å². The van der Waals surface area contributed by atoms with Crippen molar-refractivity contribution in [1.29, 1.82) is 0 Å². The quantitative estimate of drug-likeness (QED) is 0.892. The molecule has 0 bridgehead atoms. The molecule has 0 saturated carbocycles. The van der Waals surface area contributed by atoms with E-state index < -0.39 is 5.41 Å². The molecule has 0 aliphatic carbocycles. The maximum Gasteiger partial charge on any atom is 0.228 e. The first-order valence-corrected chi connectivity index (χ1v) is 7.96. The SMILES string of the molecule is Cl.NCC1(C(=O)NCc2nc3ccccc3s2)CCOCC1. The van der Waals surface area contributed by atoms with E-state index in [1.165, 1.54) is 0 Å². The van der Waals surface area contributed by atoms with Crippen LogP contribution >= 0.6 is 23.7 Å². The van der Waals surface area contributed by atoms with Gasteiger partial charge >= 0.3 is 0 Å². The van der Waals surface area contributed by atoms with Crippen molar-refractivity contribution in [2.45, 2.75) is 19.4 Å². The Kier molecular flexibility index (Phi) is 5.74. The monoisotopic (exact) mass is 341 g/mol. The van der Waals surface area contributed by atoms with Crippen LogP contribution in [0, 0.1) is 5.41 Å². The van der Waals surface area contributed by atoms with E-state index in [1.807, 2.05) is 24.3 Å². The number of nitrogens with one attached hydrogen (secondary N) is 1. The molecule has 1 aromatic carbocycles. The van der Waals surface area contributed by atoms with Crippen molar-refractivity contribution in [3.8, 4) is 0 Å². The molecule has 1 fully saturated rings. The van der Waals surface area contributed by atoms with Gasteiger partial charge in [0.25, 0.3) is 0 Å². The number of nitrogens with zero attached hydrogens (tertiary/aromatic N) is 1. The fraction of sp³-hybridized carbons (Fsp3) is 0.467. The standard InChI is InChI=1S/C15H19N3O2S.ClH/c16-10-15(5-7-20-8-6-15)14(19)17-9-13-18-11-3-1-2-4-12(11)21-13;/h1-4H,5-10,16H2,(H,17,19);1H. The highest BCUT2D eigenvalue weighted by Crippen LogP contribution is 2.30. The highest BCUT2D eigenvalue weighted by molar-refractivity contribution is 7.18. The average molecular weight is 342 g/mol. The Morgan fingerprint density at radius 3 is 2.77 bits per heavy atom. The number of nitrogens with two attached hydrogens (primary N) is 1. The number of aromatic nitrogens is 1. The Hall–Kier alpha value is -1.21. The lowest BCUT2D eigenvalue weighted by atomic mass is 9.79. The third kappa shape index (κ3) is 3.41. The van der Waals surface area contributed by atoms with E-state index in [4.69, 9.17) is 10.5 Å². The lowest BCUT2D eigenvalue weighted by Crippen LogP contribution is -2.48. The van der Waals surface area contributed by atoms with Crippen molar-refractivity contribution in [1.82, 2.24) is 10.3 Å². The van der Waals surface area contributed by atoms with Gasteiger partial charge in [-0.3, -0.25) is 4.79 Å². The van der Waals surface area contributed by atoms with Crippen molar-refractivity contribution in [2.24, 2.45) is 11.1 Å². The molecule has 5 nitrogen and oxygen atoms in total. The molecule has 3 rings (SSSR count). The molecule has 0 unspecified atom stereocenters. The second-order valence-corrected chi connectivity index (χ2v) is 6.47. The number of hydrogen-bond acceptors (Lipinski definition) is 5. The molecule has 0 spiro atoms. The Morgan fingerprint density at radius 2 is 2.09 bits per heavy atom. The summed E-state index contributed by atoms with van der Waals surface area (Å²) < 4.78 is 6.47. The van der Waals surface area contributed by atoms with Gasteiger partial charge in [-0.25, -0.2) is 4.98 Å². The summed E-state index contributed by atoms with van der Waals surface area (Å²) >= 11 is 1.61. The number of hydrogen-bond donors (Lipinski definition) is 2. The molecule has 2 aromatic rings. The molecule has 1 aliphatic heterocycles. The second kappa shape index (κ2) is 7.37. The van der Waals surface area contributed by atoms with E-state index in [2.05, 4.69) is 10.3 Å². The Bertz CT molecular complexity index is 608. The van der Waals surface area contributed by atoms with Crippen molar-refractivity contribution in [3.63, 3.8) is 0 Å². The van der Waals surface area contributed by atoms with Crippen molar-refractivity contribution in [2.75, 3.05) is 19.8 Å². The Labute approximate surface area is 139 Å². The molecule has 1 amide bonds. The average Bonchev–Trinajstić information content (AvgIpc) is 2.96. The van der Waals surface area contributed by atoms with Crippen LogP contribution in [-0.2, 0) is 16.1 Å². The molecule has 1 aliphatic rings. The van der Waals surface area contributed by atoms with E-state index in [0.717, 1.165) is 15.2 Å². The lowest BCUT2D eigenvalue weighted by molar-refractivity contribution is -0.136. The third-order valence-corrected chi connectivity index (χ3v) is 5.10. The number of para-hydroxylation sites is 1. The summed E-state index contributed by atoms with van der Waals surface area (Å²) in [6.07, 6.45) is 1.38. The van der Waals surface area contributed by atoms with Gasteiger partial charge < -0.3 is 15.8 Å². The number of carbonyl (C=O) groups excluding carboxylic acids is 1. The highest BCUT2D eigenvalue weighted by atomic mass is 35.5. The Balaban J connectivity index is 0.00000176.